The Morgan fingerprint density at radius 2 is 1.90 bits per heavy atom. The normalized spacial score (nSPS) is 14.1. The molecule has 0 spiro atoms. The quantitative estimate of drug-likeness (QED) is 0.284. The van der Waals surface area contributed by atoms with Crippen molar-refractivity contribution in [2.24, 2.45) is 5.73 Å². The van der Waals surface area contributed by atoms with E-state index in [1.54, 1.807) is 53.5 Å². The summed E-state index contributed by atoms with van der Waals surface area (Å²) in [5.41, 5.74) is 7.79. The highest BCUT2D eigenvalue weighted by Crippen LogP contribution is 2.39. The first-order valence-corrected chi connectivity index (χ1v) is 14.1. The Bertz CT molecular complexity index is 1670. The number of halogens is 1. The van der Waals surface area contributed by atoms with Crippen LogP contribution >= 0.6 is 0 Å². The molecule has 1 fully saturated rings. The molecule has 3 N–H and O–H groups in total. The number of hydrogen-bond donors (Lipinski definition) is 2. The molecule has 5 rings (SSSR count). The largest absolute Gasteiger partial charge is 0.497 e. The van der Waals surface area contributed by atoms with Crippen molar-refractivity contribution in [3.8, 4) is 17.2 Å². The molecule has 0 saturated heterocycles. The molecule has 1 aliphatic rings. The lowest BCUT2D eigenvalue weighted by Crippen LogP contribution is -2.26. The minimum Gasteiger partial charge on any atom is -0.497 e. The molecular formula is C29H29FN4O5S. The van der Waals surface area contributed by atoms with E-state index in [9.17, 15) is 17.6 Å². The van der Waals surface area contributed by atoms with Crippen LogP contribution in [0, 0.1) is 5.82 Å². The Hall–Kier alpha value is -4.22. The number of rotatable bonds is 11. The topological polar surface area (TPSA) is 126 Å². The Labute approximate surface area is 231 Å². The first-order chi connectivity index (χ1) is 19.2. The summed E-state index contributed by atoms with van der Waals surface area (Å²) in [6, 6.07) is 15.4. The van der Waals surface area contributed by atoms with Gasteiger partial charge >= 0.3 is 0 Å². The second kappa shape index (κ2) is 11.1. The van der Waals surface area contributed by atoms with Gasteiger partial charge in [0.05, 0.1) is 37.8 Å². The zero-order valence-corrected chi connectivity index (χ0v) is 22.8. The monoisotopic (exact) mass is 564 g/mol. The zero-order valence-electron chi connectivity index (χ0n) is 22.0. The Morgan fingerprint density at radius 1 is 1.12 bits per heavy atom. The lowest BCUT2D eigenvalue weighted by molar-refractivity contribution is -0.118. The molecule has 40 heavy (non-hydrogen) atoms. The molecule has 1 heterocycles. The van der Waals surface area contributed by atoms with Crippen molar-refractivity contribution in [2.75, 3.05) is 14.2 Å². The van der Waals surface area contributed by atoms with Gasteiger partial charge in [0.1, 0.15) is 22.2 Å². The van der Waals surface area contributed by atoms with Gasteiger partial charge in [0.2, 0.25) is 15.9 Å². The number of nitrogens with two attached hydrogens (primary N) is 1. The van der Waals surface area contributed by atoms with Gasteiger partial charge in [0.25, 0.3) is 0 Å². The highest BCUT2D eigenvalue weighted by molar-refractivity contribution is 7.89. The standard InChI is InChI=1S/C29H29FN4O5S/c1-38-21-11-9-20(26(14-21)39-2)15-33-40(36,37)27-13-19(28(29(31)35)22-5-3-4-6-23(22)30)10-12-25(27)34-16-24(32-17-34)18-7-8-18/h3-6,9-14,16-18,28,33H,7-8,15H2,1-2H3,(H2,31,35). The molecule has 0 bridgehead atoms. The highest BCUT2D eigenvalue weighted by atomic mass is 32.2. The van der Waals surface area contributed by atoms with E-state index in [-0.39, 0.29) is 22.6 Å². The number of benzene rings is 3. The van der Waals surface area contributed by atoms with E-state index in [4.69, 9.17) is 15.2 Å². The summed E-state index contributed by atoms with van der Waals surface area (Å²) in [5.74, 6) is -1.25. The molecule has 208 valence electrons. The van der Waals surface area contributed by atoms with Gasteiger partial charge in [0.15, 0.2) is 0 Å². The number of sulfonamides is 1. The maximum absolute atomic E-state index is 14.7. The number of methoxy groups -OCH3 is 2. The fourth-order valence-corrected chi connectivity index (χ4v) is 5.89. The van der Waals surface area contributed by atoms with Crippen LogP contribution in [0.1, 0.15) is 47.1 Å². The summed E-state index contributed by atoms with van der Waals surface area (Å²) in [5, 5.41) is 0. The van der Waals surface area contributed by atoms with Gasteiger partial charge < -0.3 is 19.8 Å². The van der Waals surface area contributed by atoms with Gasteiger partial charge in [-0.2, -0.15) is 0 Å². The average Bonchev–Trinajstić information content (AvgIpc) is 3.69. The molecule has 1 atom stereocenters. The maximum atomic E-state index is 14.7. The molecule has 11 heteroatoms. The smallest absolute Gasteiger partial charge is 0.242 e. The third kappa shape index (κ3) is 5.56. The zero-order chi connectivity index (χ0) is 28.4. The highest BCUT2D eigenvalue weighted by Gasteiger charge is 2.29. The van der Waals surface area contributed by atoms with E-state index in [1.165, 1.54) is 38.5 Å². The number of imidazole rings is 1. The summed E-state index contributed by atoms with van der Waals surface area (Å²) in [6.07, 6.45) is 5.45. The van der Waals surface area contributed by atoms with Crippen molar-refractivity contribution in [2.45, 2.75) is 36.1 Å². The number of nitrogens with zero attached hydrogens (tertiary/aromatic N) is 2. The molecule has 1 aromatic heterocycles. The molecule has 1 saturated carbocycles. The van der Waals surface area contributed by atoms with E-state index in [0.29, 0.717) is 28.7 Å². The molecule has 0 radical (unpaired) electrons. The lowest BCUT2D eigenvalue weighted by atomic mass is 9.90. The van der Waals surface area contributed by atoms with Crippen molar-refractivity contribution in [1.29, 1.82) is 0 Å². The predicted octanol–water partition coefficient (Wildman–Crippen LogP) is 4.00. The molecule has 4 aromatic rings. The minimum atomic E-state index is -4.18. The SMILES string of the molecule is COc1ccc(CNS(=O)(=O)c2cc(C(C(N)=O)c3ccccc3F)ccc2-n2cnc(C3CC3)c2)c(OC)c1. The van der Waals surface area contributed by atoms with Gasteiger partial charge in [-0.3, -0.25) is 4.79 Å². The van der Waals surface area contributed by atoms with Crippen molar-refractivity contribution >= 4 is 15.9 Å². The van der Waals surface area contributed by atoms with E-state index >= 15 is 0 Å². The van der Waals surface area contributed by atoms with Crippen LogP contribution in [0.3, 0.4) is 0 Å². The Kier molecular flexibility index (Phi) is 7.59. The van der Waals surface area contributed by atoms with Crippen LogP contribution in [0.5, 0.6) is 11.5 Å². The van der Waals surface area contributed by atoms with E-state index < -0.39 is 27.7 Å². The summed E-state index contributed by atoms with van der Waals surface area (Å²) >= 11 is 0. The van der Waals surface area contributed by atoms with Crippen LogP contribution in [0.4, 0.5) is 4.39 Å². The molecule has 9 nitrogen and oxygen atoms in total. The van der Waals surface area contributed by atoms with Crippen molar-refractivity contribution < 1.29 is 27.1 Å². The molecule has 1 aliphatic carbocycles. The summed E-state index contributed by atoms with van der Waals surface area (Å²) in [6.45, 7) is -0.0804. The van der Waals surface area contributed by atoms with E-state index in [0.717, 1.165) is 18.5 Å². The molecule has 0 aliphatic heterocycles. The average molecular weight is 565 g/mol. The maximum Gasteiger partial charge on any atom is 0.242 e. The van der Waals surface area contributed by atoms with Crippen molar-refractivity contribution in [3.05, 3.63) is 101 Å². The fourth-order valence-electron chi connectivity index (χ4n) is 4.65. The first-order valence-electron chi connectivity index (χ1n) is 12.6. The number of hydrogen-bond acceptors (Lipinski definition) is 6. The minimum absolute atomic E-state index is 0.0562. The number of aromatic nitrogens is 2. The lowest BCUT2D eigenvalue weighted by Gasteiger charge is -2.19. The molecule has 1 amide bonds. The molecule has 3 aromatic carbocycles. The van der Waals surface area contributed by atoms with E-state index in [1.807, 2.05) is 0 Å². The Balaban J connectivity index is 1.57. The van der Waals surface area contributed by atoms with Crippen LogP contribution in [0.25, 0.3) is 5.69 Å². The van der Waals surface area contributed by atoms with Crippen LogP contribution in [-0.4, -0.2) is 38.1 Å². The van der Waals surface area contributed by atoms with Crippen molar-refractivity contribution in [1.82, 2.24) is 14.3 Å². The summed E-state index contributed by atoms with van der Waals surface area (Å²) in [4.78, 5) is 16.9. The van der Waals surface area contributed by atoms with Gasteiger partial charge in [-0.1, -0.05) is 30.3 Å². The van der Waals surface area contributed by atoms with Crippen LogP contribution in [0.15, 0.2) is 78.1 Å². The van der Waals surface area contributed by atoms with Gasteiger partial charge in [-0.15, -0.1) is 0 Å². The number of nitrogens with one attached hydrogen (secondary N) is 1. The second-order valence-electron chi connectivity index (χ2n) is 9.57. The third-order valence-electron chi connectivity index (χ3n) is 6.93. The van der Waals surface area contributed by atoms with Gasteiger partial charge in [-0.25, -0.2) is 22.5 Å². The number of ether oxygens (including phenoxy) is 2. The van der Waals surface area contributed by atoms with Crippen LogP contribution < -0.4 is 19.9 Å². The number of amides is 1. The number of primary amides is 1. The number of carbonyl (C=O) groups is 1. The second-order valence-corrected chi connectivity index (χ2v) is 11.3. The first kappa shape index (κ1) is 27.4. The summed E-state index contributed by atoms with van der Waals surface area (Å²) in [7, 11) is -1.17. The summed E-state index contributed by atoms with van der Waals surface area (Å²) < 4.78 is 57.3. The fraction of sp³-hybridized carbons (Fsp3) is 0.241. The third-order valence-corrected chi connectivity index (χ3v) is 8.36. The van der Waals surface area contributed by atoms with Crippen LogP contribution in [0.2, 0.25) is 0 Å². The molecular weight excluding hydrogens is 535 g/mol. The van der Waals surface area contributed by atoms with Crippen molar-refractivity contribution in [3.63, 3.8) is 0 Å². The van der Waals surface area contributed by atoms with E-state index in [2.05, 4.69) is 9.71 Å². The molecule has 1 unspecified atom stereocenters. The predicted molar refractivity (Wildman–Crippen MR) is 147 cm³/mol. The number of carbonyl (C=O) groups excluding carboxylic acids is 1. The van der Waals surface area contributed by atoms with Gasteiger partial charge in [0, 0.05) is 35.9 Å². The van der Waals surface area contributed by atoms with Gasteiger partial charge in [-0.05, 0) is 42.7 Å². The Morgan fingerprint density at radius 3 is 2.58 bits per heavy atom. The van der Waals surface area contributed by atoms with Crippen LogP contribution in [-0.2, 0) is 21.4 Å².